The summed E-state index contributed by atoms with van der Waals surface area (Å²) in [6.45, 7) is 4.35. The van der Waals surface area contributed by atoms with Gasteiger partial charge in [0, 0.05) is 12.8 Å². The summed E-state index contributed by atoms with van der Waals surface area (Å²) in [4.78, 5) is 35.4. The molecule has 0 bridgehead atoms. The smallest absolute Gasteiger partial charge is 0.462 e. The second-order valence-electron chi connectivity index (χ2n) is 16.8. The lowest BCUT2D eigenvalue weighted by atomic mass is 10.1. The van der Waals surface area contributed by atoms with E-state index in [0.717, 1.165) is 64.2 Å². The molecule has 2 atom stereocenters. The van der Waals surface area contributed by atoms with Crippen LogP contribution in [0.4, 0.5) is 0 Å². The number of rotatable bonds is 42. The number of hydrogen-bond donors (Lipinski definition) is 1. The molecule has 0 radical (unpaired) electrons. The first-order valence-corrected chi connectivity index (χ1v) is 24.9. The van der Waals surface area contributed by atoms with Crippen LogP contribution in [0, 0.1) is 0 Å². The van der Waals surface area contributed by atoms with Crippen LogP contribution in [-0.4, -0.2) is 74.9 Å². The third-order valence-electron chi connectivity index (χ3n) is 9.83. The molecule has 0 spiro atoms. The number of unbranched alkanes of at least 4 members (excludes halogenated alkanes) is 20. The minimum Gasteiger partial charge on any atom is -0.462 e. The first-order valence-electron chi connectivity index (χ1n) is 23.4. The predicted molar refractivity (Wildman–Crippen MR) is 243 cm³/mol. The number of allylic oxidation sites excluding steroid dienone is 8. The molecule has 9 nitrogen and oxygen atoms in total. The molecule has 0 aliphatic carbocycles. The van der Waals surface area contributed by atoms with Crippen molar-refractivity contribution in [3.8, 4) is 0 Å². The summed E-state index contributed by atoms with van der Waals surface area (Å²) in [5.41, 5.74) is 0. The second-order valence-corrected chi connectivity index (χ2v) is 18.2. The standard InChI is InChI=1S/C48H88NO8P/c1-6-8-10-12-14-16-18-20-22-23-24-25-27-28-30-32-34-36-38-40-47(50)54-44-46(45-56-58(52,53)55-43-42-49(3,4)5)57-48(51)41-39-37-35-33-31-29-26-21-19-17-15-13-11-9-7-2/h15,17,21,23-24,26,31,33,46H,6-14,16,18-20,22,25,27-30,32,34-45H2,1-5H3/p+1/b17-15-,24-23-,26-21-,33-31-/t46-/m1/s1. The van der Waals surface area contributed by atoms with Crippen molar-refractivity contribution in [3.63, 3.8) is 0 Å². The van der Waals surface area contributed by atoms with Gasteiger partial charge >= 0.3 is 19.8 Å². The van der Waals surface area contributed by atoms with Crippen molar-refractivity contribution < 1.29 is 42.1 Å². The van der Waals surface area contributed by atoms with Crippen LogP contribution in [0.1, 0.15) is 194 Å². The van der Waals surface area contributed by atoms with Gasteiger partial charge in [-0.2, -0.15) is 0 Å². The number of phosphoric ester groups is 1. The molecule has 0 aliphatic heterocycles. The summed E-state index contributed by atoms with van der Waals surface area (Å²) in [6, 6.07) is 0. The minimum absolute atomic E-state index is 0.0226. The van der Waals surface area contributed by atoms with Crippen molar-refractivity contribution in [1.82, 2.24) is 0 Å². The number of nitrogens with zero attached hydrogens (tertiary/aromatic N) is 1. The van der Waals surface area contributed by atoms with E-state index in [2.05, 4.69) is 62.5 Å². The number of quaternary nitrogens is 1. The maximum absolute atomic E-state index is 12.7. The van der Waals surface area contributed by atoms with Gasteiger partial charge in [-0.3, -0.25) is 18.6 Å². The van der Waals surface area contributed by atoms with E-state index in [4.69, 9.17) is 18.5 Å². The summed E-state index contributed by atoms with van der Waals surface area (Å²) in [5, 5.41) is 0. The predicted octanol–water partition coefficient (Wildman–Crippen LogP) is 13.5. The Bertz CT molecular complexity index is 1130. The Morgan fingerprint density at radius 2 is 0.931 bits per heavy atom. The molecular weight excluding hydrogens is 750 g/mol. The molecule has 0 aromatic heterocycles. The van der Waals surface area contributed by atoms with Gasteiger partial charge in [-0.15, -0.1) is 0 Å². The zero-order valence-corrected chi connectivity index (χ0v) is 38.9. The van der Waals surface area contributed by atoms with E-state index in [9.17, 15) is 19.0 Å². The topological polar surface area (TPSA) is 108 Å². The molecule has 1 N–H and O–H groups in total. The Labute approximate surface area is 356 Å². The van der Waals surface area contributed by atoms with Crippen LogP contribution >= 0.6 is 7.82 Å². The highest BCUT2D eigenvalue weighted by atomic mass is 31.2. The number of carbonyl (C=O) groups excluding carboxylic acids is 2. The Morgan fingerprint density at radius 1 is 0.534 bits per heavy atom. The van der Waals surface area contributed by atoms with Crippen LogP contribution in [0.3, 0.4) is 0 Å². The van der Waals surface area contributed by atoms with Gasteiger partial charge in [-0.25, -0.2) is 4.57 Å². The normalized spacial score (nSPS) is 14.0. The van der Waals surface area contributed by atoms with Crippen molar-refractivity contribution in [2.45, 2.75) is 200 Å². The number of hydrogen-bond acceptors (Lipinski definition) is 7. The summed E-state index contributed by atoms with van der Waals surface area (Å²) < 4.78 is 34.3. The maximum Gasteiger partial charge on any atom is 0.472 e. The molecule has 0 saturated heterocycles. The number of likely N-dealkylation sites (N-methyl/N-ethyl adjacent to an activating group) is 1. The largest absolute Gasteiger partial charge is 0.472 e. The molecule has 0 heterocycles. The van der Waals surface area contributed by atoms with Crippen LogP contribution in [0.5, 0.6) is 0 Å². The molecule has 0 rings (SSSR count). The van der Waals surface area contributed by atoms with Crippen molar-refractivity contribution >= 4 is 19.8 Å². The Hall–Kier alpha value is -2.03. The highest BCUT2D eigenvalue weighted by molar-refractivity contribution is 7.47. The van der Waals surface area contributed by atoms with Crippen molar-refractivity contribution in [1.29, 1.82) is 0 Å². The van der Waals surface area contributed by atoms with Crippen LogP contribution < -0.4 is 0 Å². The quantitative estimate of drug-likeness (QED) is 0.0213. The lowest BCUT2D eigenvalue weighted by molar-refractivity contribution is -0.870. The molecule has 0 fully saturated rings. The summed E-state index contributed by atoms with van der Waals surface area (Å²) in [7, 11) is 1.45. The van der Waals surface area contributed by atoms with Gasteiger partial charge in [0.1, 0.15) is 19.8 Å². The summed E-state index contributed by atoms with van der Waals surface area (Å²) >= 11 is 0. The fourth-order valence-corrected chi connectivity index (χ4v) is 6.87. The van der Waals surface area contributed by atoms with Gasteiger partial charge in [0.05, 0.1) is 27.7 Å². The molecule has 338 valence electrons. The van der Waals surface area contributed by atoms with Gasteiger partial charge in [0.15, 0.2) is 6.10 Å². The molecule has 0 aromatic rings. The average Bonchev–Trinajstić information content (AvgIpc) is 3.17. The van der Waals surface area contributed by atoms with Crippen molar-refractivity contribution in [3.05, 3.63) is 48.6 Å². The fourth-order valence-electron chi connectivity index (χ4n) is 6.13. The third kappa shape index (κ3) is 43.5. The zero-order chi connectivity index (χ0) is 42.8. The fraction of sp³-hybridized carbons (Fsp3) is 0.792. The maximum atomic E-state index is 12.7. The molecule has 1 unspecified atom stereocenters. The highest BCUT2D eigenvalue weighted by Gasteiger charge is 2.27. The molecule has 10 heteroatoms. The molecule has 0 aliphatic rings. The van der Waals surface area contributed by atoms with Gasteiger partial charge in [0.2, 0.25) is 0 Å². The van der Waals surface area contributed by atoms with E-state index in [1.807, 2.05) is 21.1 Å². The van der Waals surface area contributed by atoms with E-state index in [-0.39, 0.29) is 32.0 Å². The summed E-state index contributed by atoms with van der Waals surface area (Å²) in [6.07, 6.45) is 47.3. The summed E-state index contributed by atoms with van der Waals surface area (Å²) in [5.74, 6) is -0.848. The highest BCUT2D eigenvalue weighted by Crippen LogP contribution is 2.43. The van der Waals surface area contributed by atoms with Crippen molar-refractivity contribution in [2.75, 3.05) is 47.5 Å². The molecule has 0 saturated carbocycles. The lowest BCUT2D eigenvalue weighted by Gasteiger charge is -2.24. The van der Waals surface area contributed by atoms with Crippen LogP contribution in [-0.2, 0) is 32.7 Å². The Kier molecular flexibility index (Phi) is 39.0. The first kappa shape index (κ1) is 56.0. The number of phosphoric acid groups is 1. The van der Waals surface area contributed by atoms with Crippen LogP contribution in [0.2, 0.25) is 0 Å². The van der Waals surface area contributed by atoms with E-state index >= 15 is 0 Å². The average molecular weight is 839 g/mol. The monoisotopic (exact) mass is 839 g/mol. The van der Waals surface area contributed by atoms with E-state index < -0.39 is 26.5 Å². The Balaban J connectivity index is 4.37. The molecule has 0 aromatic carbocycles. The lowest BCUT2D eigenvalue weighted by Crippen LogP contribution is -2.37. The van der Waals surface area contributed by atoms with Gasteiger partial charge in [-0.1, -0.05) is 152 Å². The number of esters is 2. The van der Waals surface area contributed by atoms with E-state index in [1.54, 1.807) is 0 Å². The van der Waals surface area contributed by atoms with Gasteiger partial charge in [-0.05, 0) is 77.0 Å². The zero-order valence-electron chi connectivity index (χ0n) is 38.0. The van der Waals surface area contributed by atoms with Crippen LogP contribution in [0.25, 0.3) is 0 Å². The molecule has 0 amide bonds. The van der Waals surface area contributed by atoms with Crippen LogP contribution in [0.15, 0.2) is 48.6 Å². The molecule has 58 heavy (non-hydrogen) atoms. The second kappa shape index (κ2) is 40.4. The Morgan fingerprint density at radius 3 is 1.47 bits per heavy atom. The van der Waals surface area contributed by atoms with E-state index in [0.29, 0.717) is 17.4 Å². The third-order valence-corrected chi connectivity index (χ3v) is 10.8. The van der Waals surface area contributed by atoms with Crippen molar-refractivity contribution in [2.24, 2.45) is 0 Å². The van der Waals surface area contributed by atoms with Gasteiger partial charge in [0.25, 0.3) is 0 Å². The number of ether oxygens (including phenoxy) is 2. The van der Waals surface area contributed by atoms with E-state index in [1.165, 1.54) is 96.3 Å². The first-order chi connectivity index (χ1) is 28.0. The minimum atomic E-state index is -4.39. The van der Waals surface area contributed by atoms with Gasteiger partial charge < -0.3 is 18.9 Å². The molecular formula is C48H89NO8P+. The number of carbonyl (C=O) groups is 2. The SMILES string of the molecule is CCCCC/C=C\C/C=C\C/C=C\CCCCC(=O)O[C@H](COC(=O)CCCCCCCCC/C=C\CCCCCCCCCC)COP(=O)(O)OCC[N+](C)(C)C.